The molecule has 1 amide bonds. The first kappa shape index (κ1) is 14.8. The topological polar surface area (TPSA) is 64.3 Å². The van der Waals surface area contributed by atoms with Crippen molar-refractivity contribution >= 4 is 11.6 Å². The zero-order chi connectivity index (χ0) is 15.4. The molecule has 0 spiro atoms. The Morgan fingerprint density at radius 3 is 2.62 bits per heavy atom. The van der Waals surface area contributed by atoms with Gasteiger partial charge < -0.3 is 15.8 Å². The fourth-order valence-electron chi connectivity index (χ4n) is 2.19. The maximum atomic E-state index is 13.4. The second kappa shape index (κ2) is 6.26. The lowest BCUT2D eigenvalue weighted by atomic mass is 10.0. The van der Waals surface area contributed by atoms with Crippen LogP contribution in [0, 0.1) is 12.7 Å². The van der Waals surface area contributed by atoms with Crippen molar-refractivity contribution in [3.8, 4) is 5.75 Å². The van der Waals surface area contributed by atoms with Crippen LogP contribution in [0.2, 0.25) is 0 Å². The molecule has 0 saturated carbocycles. The number of hydrogen-bond acceptors (Lipinski definition) is 3. The lowest BCUT2D eigenvalue weighted by Crippen LogP contribution is -2.28. The van der Waals surface area contributed by atoms with Gasteiger partial charge in [-0.3, -0.25) is 4.79 Å². The Labute approximate surface area is 122 Å². The number of carbonyl (C=O) groups excluding carboxylic acids is 1. The molecule has 0 aromatic heterocycles. The number of benzene rings is 2. The zero-order valence-corrected chi connectivity index (χ0v) is 11.9. The third kappa shape index (κ3) is 3.51. The molecule has 0 saturated heterocycles. The first-order valence-corrected chi connectivity index (χ1v) is 6.47. The van der Waals surface area contributed by atoms with E-state index in [0.29, 0.717) is 17.0 Å². The monoisotopic (exact) mass is 288 g/mol. The Morgan fingerprint density at radius 2 is 2.00 bits per heavy atom. The fourth-order valence-corrected chi connectivity index (χ4v) is 2.19. The van der Waals surface area contributed by atoms with E-state index in [2.05, 4.69) is 5.32 Å². The second-order valence-corrected chi connectivity index (χ2v) is 4.74. The maximum Gasteiger partial charge on any atom is 0.244 e. The van der Waals surface area contributed by atoms with E-state index in [9.17, 15) is 9.18 Å². The van der Waals surface area contributed by atoms with Crippen molar-refractivity contribution in [3.05, 3.63) is 59.4 Å². The Bertz CT molecular complexity index is 638. The van der Waals surface area contributed by atoms with Gasteiger partial charge in [-0.25, -0.2) is 4.39 Å². The summed E-state index contributed by atoms with van der Waals surface area (Å²) in [4.78, 5) is 11.8. The van der Waals surface area contributed by atoms with Crippen molar-refractivity contribution in [2.24, 2.45) is 5.73 Å². The van der Waals surface area contributed by atoms with Crippen molar-refractivity contribution in [1.29, 1.82) is 0 Å². The molecular formula is C16H17FN2O2. The number of anilines is 1. The quantitative estimate of drug-likeness (QED) is 0.889. The Balaban J connectivity index is 2.38. The molecule has 110 valence electrons. The summed E-state index contributed by atoms with van der Waals surface area (Å²) in [5.74, 6) is -0.399. The number of rotatable bonds is 5. The summed E-state index contributed by atoms with van der Waals surface area (Å²) in [6.07, 6.45) is 0. The van der Waals surface area contributed by atoms with Crippen LogP contribution >= 0.6 is 0 Å². The minimum atomic E-state index is -0.803. The molecule has 0 fully saturated rings. The third-order valence-electron chi connectivity index (χ3n) is 3.09. The molecule has 2 rings (SSSR count). The summed E-state index contributed by atoms with van der Waals surface area (Å²) in [6, 6.07) is 10.7. The first-order chi connectivity index (χ1) is 10.0. The predicted molar refractivity (Wildman–Crippen MR) is 79.7 cm³/mol. The predicted octanol–water partition coefficient (Wildman–Crippen LogP) is 2.78. The summed E-state index contributed by atoms with van der Waals surface area (Å²) in [7, 11) is 1.52. The SMILES string of the molecule is COc1ccccc1C(Nc1cc(C)cc(F)c1)C(N)=O. The average molecular weight is 288 g/mol. The third-order valence-corrected chi connectivity index (χ3v) is 3.09. The number of para-hydroxylation sites is 1. The van der Waals surface area contributed by atoms with E-state index >= 15 is 0 Å². The number of amides is 1. The lowest BCUT2D eigenvalue weighted by molar-refractivity contribution is -0.118. The van der Waals surface area contributed by atoms with Gasteiger partial charge in [0.2, 0.25) is 5.91 Å². The number of primary amides is 1. The van der Waals surface area contributed by atoms with Crippen molar-refractivity contribution in [1.82, 2.24) is 0 Å². The largest absolute Gasteiger partial charge is 0.496 e. The molecule has 0 aliphatic rings. The van der Waals surface area contributed by atoms with Crippen LogP contribution in [-0.2, 0) is 4.79 Å². The number of nitrogens with one attached hydrogen (secondary N) is 1. The molecule has 0 aliphatic heterocycles. The number of aryl methyl sites for hydroxylation is 1. The average Bonchev–Trinajstić information content (AvgIpc) is 2.43. The summed E-state index contributed by atoms with van der Waals surface area (Å²) >= 11 is 0. The molecule has 0 radical (unpaired) electrons. The van der Waals surface area contributed by atoms with Crippen molar-refractivity contribution in [2.75, 3.05) is 12.4 Å². The summed E-state index contributed by atoms with van der Waals surface area (Å²) < 4.78 is 18.7. The van der Waals surface area contributed by atoms with E-state index in [0.717, 1.165) is 5.56 Å². The number of nitrogens with two attached hydrogens (primary N) is 1. The van der Waals surface area contributed by atoms with Crippen LogP contribution in [-0.4, -0.2) is 13.0 Å². The molecule has 5 heteroatoms. The highest BCUT2D eigenvalue weighted by Crippen LogP contribution is 2.28. The van der Waals surface area contributed by atoms with Gasteiger partial charge >= 0.3 is 0 Å². The molecule has 3 N–H and O–H groups in total. The smallest absolute Gasteiger partial charge is 0.244 e. The number of hydrogen-bond donors (Lipinski definition) is 2. The second-order valence-electron chi connectivity index (χ2n) is 4.74. The van der Waals surface area contributed by atoms with Gasteiger partial charge in [-0.2, -0.15) is 0 Å². The van der Waals surface area contributed by atoms with Crippen LogP contribution in [0.4, 0.5) is 10.1 Å². The first-order valence-electron chi connectivity index (χ1n) is 6.47. The molecular weight excluding hydrogens is 271 g/mol. The minimum Gasteiger partial charge on any atom is -0.496 e. The molecule has 2 aromatic carbocycles. The Kier molecular flexibility index (Phi) is 4.42. The van der Waals surface area contributed by atoms with E-state index in [1.807, 2.05) is 0 Å². The highest BCUT2D eigenvalue weighted by Gasteiger charge is 2.21. The van der Waals surface area contributed by atoms with Gasteiger partial charge in [0.1, 0.15) is 17.6 Å². The van der Waals surface area contributed by atoms with Crippen LogP contribution in [0.1, 0.15) is 17.2 Å². The Hall–Kier alpha value is -2.56. The number of methoxy groups -OCH3 is 1. The van der Waals surface area contributed by atoms with Crippen LogP contribution in [0.25, 0.3) is 0 Å². The fraction of sp³-hybridized carbons (Fsp3) is 0.188. The van der Waals surface area contributed by atoms with Crippen LogP contribution < -0.4 is 15.8 Å². The van der Waals surface area contributed by atoms with Gasteiger partial charge in [-0.05, 0) is 36.8 Å². The lowest BCUT2D eigenvalue weighted by Gasteiger charge is -2.19. The standard InChI is InChI=1S/C16H17FN2O2/c1-10-7-11(17)9-12(8-10)19-15(16(18)20)13-5-3-4-6-14(13)21-2/h3-9,15,19H,1-2H3,(H2,18,20). The number of halogens is 1. The van der Waals surface area contributed by atoms with E-state index < -0.39 is 11.9 Å². The van der Waals surface area contributed by atoms with Gasteiger partial charge in [-0.15, -0.1) is 0 Å². The van der Waals surface area contributed by atoms with Crippen molar-refractivity contribution in [3.63, 3.8) is 0 Å². The minimum absolute atomic E-state index is 0.374. The van der Waals surface area contributed by atoms with E-state index in [4.69, 9.17) is 10.5 Å². The summed E-state index contributed by atoms with van der Waals surface area (Å²) in [6.45, 7) is 1.77. The molecule has 0 heterocycles. The van der Waals surface area contributed by atoms with Crippen LogP contribution in [0.5, 0.6) is 5.75 Å². The summed E-state index contributed by atoms with van der Waals surface area (Å²) in [5, 5.41) is 2.96. The van der Waals surface area contributed by atoms with Gasteiger partial charge in [0.05, 0.1) is 7.11 Å². The molecule has 1 atom stereocenters. The highest BCUT2D eigenvalue weighted by atomic mass is 19.1. The molecule has 0 aliphatic carbocycles. The van der Waals surface area contributed by atoms with Crippen molar-refractivity contribution in [2.45, 2.75) is 13.0 Å². The molecule has 2 aromatic rings. The number of carbonyl (C=O) groups is 1. The summed E-state index contributed by atoms with van der Waals surface area (Å²) in [5.41, 5.74) is 7.31. The van der Waals surface area contributed by atoms with E-state index in [-0.39, 0.29) is 5.82 Å². The van der Waals surface area contributed by atoms with E-state index in [1.165, 1.54) is 19.2 Å². The van der Waals surface area contributed by atoms with Crippen LogP contribution in [0.15, 0.2) is 42.5 Å². The van der Waals surface area contributed by atoms with Gasteiger partial charge in [0.15, 0.2) is 0 Å². The molecule has 4 nitrogen and oxygen atoms in total. The van der Waals surface area contributed by atoms with Gasteiger partial charge in [0.25, 0.3) is 0 Å². The molecule has 1 unspecified atom stereocenters. The Morgan fingerprint density at radius 1 is 1.29 bits per heavy atom. The maximum absolute atomic E-state index is 13.4. The van der Waals surface area contributed by atoms with E-state index in [1.54, 1.807) is 37.3 Å². The van der Waals surface area contributed by atoms with Crippen molar-refractivity contribution < 1.29 is 13.9 Å². The van der Waals surface area contributed by atoms with Gasteiger partial charge in [0, 0.05) is 11.3 Å². The molecule has 0 bridgehead atoms. The number of ether oxygens (including phenoxy) is 1. The van der Waals surface area contributed by atoms with Crippen LogP contribution in [0.3, 0.4) is 0 Å². The molecule has 21 heavy (non-hydrogen) atoms. The highest BCUT2D eigenvalue weighted by molar-refractivity contribution is 5.85. The zero-order valence-electron chi connectivity index (χ0n) is 11.9. The van der Waals surface area contributed by atoms with Gasteiger partial charge in [-0.1, -0.05) is 18.2 Å². The normalized spacial score (nSPS) is 11.8.